The third-order valence-electron chi connectivity index (χ3n) is 4.89. The second-order valence-corrected chi connectivity index (χ2v) is 8.47. The highest BCUT2D eigenvalue weighted by Gasteiger charge is 2.25. The SMILES string of the molecule is COCc1nc2c(ccc3c[nH]c(/C=C/c4ccccc4)cc32)c1C(=O)OC(C)(C)C. The van der Waals surface area contributed by atoms with E-state index in [1.807, 2.05) is 63.4 Å². The molecule has 158 valence electrons. The molecule has 0 fully saturated rings. The first-order valence-corrected chi connectivity index (χ1v) is 10.2. The highest BCUT2D eigenvalue weighted by Crippen LogP contribution is 2.31. The van der Waals surface area contributed by atoms with E-state index in [-0.39, 0.29) is 12.6 Å². The topological polar surface area (TPSA) is 64.2 Å². The number of aromatic amines is 1. The largest absolute Gasteiger partial charge is 0.456 e. The zero-order chi connectivity index (χ0) is 22.0. The summed E-state index contributed by atoms with van der Waals surface area (Å²) in [5.41, 5.74) is 3.31. The highest BCUT2D eigenvalue weighted by atomic mass is 16.6. The van der Waals surface area contributed by atoms with Crippen LogP contribution in [0.1, 0.15) is 48.1 Å². The van der Waals surface area contributed by atoms with E-state index in [0.29, 0.717) is 11.3 Å². The maximum atomic E-state index is 13.0. The quantitative estimate of drug-likeness (QED) is 0.408. The number of carbonyl (C=O) groups excluding carboxylic acids is 1. The standard InChI is InChI=1S/C26H26N2O3/c1-26(2,3)31-25(29)23-20-13-11-18-15-27-19(12-10-17-8-6-5-7-9-17)14-21(18)24(20)28-22(23)16-30-4/h5-15,27H,16H2,1-4H3/b12-10+. The summed E-state index contributed by atoms with van der Waals surface area (Å²) >= 11 is 0. The Morgan fingerprint density at radius 2 is 1.84 bits per heavy atom. The Balaban J connectivity index is 1.83. The van der Waals surface area contributed by atoms with Gasteiger partial charge in [0.2, 0.25) is 0 Å². The molecule has 0 bridgehead atoms. The number of nitrogens with one attached hydrogen (secondary N) is 1. The molecule has 0 spiro atoms. The summed E-state index contributed by atoms with van der Waals surface area (Å²) in [6.07, 6.45) is 6.04. The summed E-state index contributed by atoms with van der Waals surface area (Å²) in [6, 6.07) is 16.1. The van der Waals surface area contributed by atoms with Crippen LogP contribution in [0.25, 0.3) is 33.8 Å². The molecule has 0 aliphatic heterocycles. The van der Waals surface area contributed by atoms with Gasteiger partial charge in [0.25, 0.3) is 0 Å². The molecule has 2 aromatic heterocycles. The average Bonchev–Trinajstić information content (AvgIpc) is 3.10. The molecule has 4 rings (SSSR count). The number of nitrogens with zero attached hydrogens (tertiary/aromatic N) is 1. The predicted octanol–water partition coefficient (Wildman–Crippen LogP) is 5.99. The average molecular weight is 415 g/mol. The van der Waals surface area contributed by atoms with Gasteiger partial charge in [-0.05, 0) is 43.9 Å². The van der Waals surface area contributed by atoms with Crippen molar-refractivity contribution in [3.05, 3.63) is 77.2 Å². The molecule has 0 saturated heterocycles. The third-order valence-corrected chi connectivity index (χ3v) is 4.89. The van der Waals surface area contributed by atoms with Crippen LogP contribution in [0.2, 0.25) is 0 Å². The number of pyridine rings is 1. The predicted molar refractivity (Wildman–Crippen MR) is 125 cm³/mol. The maximum Gasteiger partial charge on any atom is 0.341 e. The molecule has 0 saturated carbocycles. The minimum absolute atomic E-state index is 0.241. The summed E-state index contributed by atoms with van der Waals surface area (Å²) in [5.74, 6) is -0.381. The first-order valence-electron chi connectivity index (χ1n) is 10.2. The molecule has 31 heavy (non-hydrogen) atoms. The van der Waals surface area contributed by atoms with Crippen molar-refractivity contribution in [2.75, 3.05) is 7.11 Å². The van der Waals surface area contributed by atoms with E-state index >= 15 is 0 Å². The summed E-state index contributed by atoms with van der Waals surface area (Å²) in [4.78, 5) is 21.1. The molecule has 0 aliphatic carbocycles. The summed E-state index contributed by atoms with van der Waals surface area (Å²) in [6.45, 7) is 5.81. The first kappa shape index (κ1) is 20.8. The van der Waals surface area contributed by atoms with E-state index in [9.17, 15) is 4.79 Å². The second-order valence-electron chi connectivity index (χ2n) is 8.47. The number of fused-ring (bicyclic) bond motifs is 3. The molecule has 0 amide bonds. The fraction of sp³-hybridized carbons (Fsp3) is 0.231. The van der Waals surface area contributed by atoms with E-state index in [1.54, 1.807) is 7.11 Å². The van der Waals surface area contributed by atoms with Gasteiger partial charge < -0.3 is 14.5 Å². The molecular formula is C26H26N2O3. The number of benzene rings is 2. The molecule has 0 atom stereocenters. The minimum atomic E-state index is -0.591. The maximum absolute atomic E-state index is 13.0. The van der Waals surface area contributed by atoms with E-state index in [1.165, 1.54) is 0 Å². The fourth-order valence-electron chi connectivity index (χ4n) is 3.57. The van der Waals surface area contributed by atoms with Gasteiger partial charge in [-0.2, -0.15) is 0 Å². The summed E-state index contributed by atoms with van der Waals surface area (Å²) < 4.78 is 11.0. The Morgan fingerprint density at radius 1 is 1.06 bits per heavy atom. The van der Waals surface area contributed by atoms with Crippen molar-refractivity contribution in [1.29, 1.82) is 0 Å². The Bertz CT molecular complexity index is 1260. The molecule has 2 aromatic carbocycles. The lowest BCUT2D eigenvalue weighted by Gasteiger charge is -2.19. The summed E-state index contributed by atoms with van der Waals surface area (Å²) in [7, 11) is 1.60. The Kier molecular flexibility index (Phi) is 5.61. The number of ether oxygens (including phenoxy) is 2. The monoisotopic (exact) mass is 414 g/mol. The van der Waals surface area contributed by atoms with Gasteiger partial charge in [0.05, 0.1) is 23.4 Å². The normalized spacial score (nSPS) is 12.1. The van der Waals surface area contributed by atoms with E-state index in [2.05, 4.69) is 29.3 Å². The van der Waals surface area contributed by atoms with Crippen molar-refractivity contribution < 1.29 is 14.3 Å². The smallest absolute Gasteiger partial charge is 0.341 e. The first-order chi connectivity index (χ1) is 14.9. The zero-order valence-corrected chi connectivity index (χ0v) is 18.2. The van der Waals surface area contributed by atoms with Gasteiger partial charge in [0.1, 0.15) is 5.60 Å². The van der Waals surface area contributed by atoms with Gasteiger partial charge in [-0.3, -0.25) is 0 Å². The van der Waals surface area contributed by atoms with Gasteiger partial charge in [-0.15, -0.1) is 0 Å². The Hall–Kier alpha value is -3.44. The fourth-order valence-corrected chi connectivity index (χ4v) is 3.57. The third kappa shape index (κ3) is 4.52. The van der Waals surface area contributed by atoms with E-state index in [4.69, 9.17) is 14.5 Å². The van der Waals surface area contributed by atoms with Crippen LogP contribution in [-0.4, -0.2) is 28.6 Å². The second kappa shape index (κ2) is 8.36. The molecule has 5 heteroatoms. The van der Waals surface area contributed by atoms with Crippen LogP contribution >= 0.6 is 0 Å². The highest BCUT2D eigenvalue weighted by molar-refractivity contribution is 6.14. The number of H-pyrrole nitrogens is 1. The summed E-state index contributed by atoms with van der Waals surface area (Å²) in [5, 5.41) is 2.76. The van der Waals surface area contributed by atoms with Gasteiger partial charge >= 0.3 is 5.97 Å². The van der Waals surface area contributed by atoms with Crippen LogP contribution < -0.4 is 0 Å². The lowest BCUT2D eigenvalue weighted by Crippen LogP contribution is -2.24. The van der Waals surface area contributed by atoms with Crippen LogP contribution in [0.15, 0.2) is 54.7 Å². The molecule has 0 radical (unpaired) electrons. The van der Waals surface area contributed by atoms with Crippen molar-refractivity contribution in [2.24, 2.45) is 0 Å². The number of aromatic nitrogens is 2. The van der Waals surface area contributed by atoms with Gasteiger partial charge in [-0.25, -0.2) is 9.78 Å². The minimum Gasteiger partial charge on any atom is -0.456 e. The number of hydrogen-bond donors (Lipinski definition) is 1. The van der Waals surface area contributed by atoms with Crippen LogP contribution in [0.3, 0.4) is 0 Å². The van der Waals surface area contributed by atoms with Crippen LogP contribution in [-0.2, 0) is 16.1 Å². The van der Waals surface area contributed by atoms with Crippen molar-refractivity contribution in [3.8, 4) is 0 Å². The Labute approximate surface area is 181 Å². The van der Waals surface area contributed by atoms with Crippen molar-refractivity contribution in [2.45, 2.75) is 33.0 Å². The van der Waals surface area contributed by atoms with Gasteiger partial charge in [0.15, 0.2) is 0 Å². The van der Waals surface area contributed by atoms with Crippen LogP contribution in [0.5, 0.6) is 0 Å². The molecule has 0 aliphatic rings. The van der Waals surface area contributed by atoms with Gasteiger partial charge in [0, 0.05) is 29.8 Å². The van der Waals surface area contributed by atoms with E-state index in [0.717, 1.165) is 32.9 Å². The van der Waals surface area contributed by atoms with Gasteiger partial charge in [-0.1, -0.05) is 48.5 Å². The van der Waals surface area contributed by atoms with Crippen molar-refractivity contribution in [1.82, 2.24) is 9.97 Å². The number of rotatable bonds is 5. The van der Waals surface area contributed by atoms with Crippen LogP contribution in [0.4, 0.5) is 0 Å². The number of hydrogen-bond acceptors (Lipinski definition) is 4. The number of carbonyl (C=O) groups is 1. The molecule has 1 N–H and O–H groups in total. The number of methoxy groups -OCH3 is 1. The number of esters is 1. The zero-order valence-electron chi connectivity index (χ0n) is 18.2. The molecule has 0 unspecified atom stereocenters. The molecule has 4 aromatic rings. The van der Waals surface area contributed by atoms with Crippen LogP contribution in [0, 0.1) is 0 Å². The molecule has 5 nitrogen and oxygen atoms in total. The van der Waals surface area contributed by atoms with Crippen molar-refractivity contribution in [3.63, 3.8) is 0 Å². The molecule has 2 heterocycles. The lowest BCUT2D eigenvalue weighted by atomic mass is 10.0. The van der Waals surface area contributed by atoms with E-state index < -0.39 is 5.60 Å². The molecular weight excluding hydrogens is 388 g/mol. The Morgan fingerprint density at radius 3 is 2.55 bits per heavy atom. The lowest BCUT2D eigenvalue weighted by molar-refractivity contribution is 0.00682. The van der Waals surface area contributed by atoms with Crippen molar-refractivity contribution >= 4 is 39.8 Å².